The second-order valence-electron chi connectivity index (χ2n) is 10.6. The van der Waals surface area contributed by atoms with E-state index in [1.165, 1.54) is 48.2 Å². The molecular weight excluding hydrogens is 358 g/mol. The minimum absolute atomic E-state index is 0.133. The van der Waals surface area contributed by atoms with Crippen LogP contribution >= 0.6 is 0 Å². The second-order valence-corrected chi connectivity index (χ2v) is 10.6. The van der Waals surface area contributed by atoms with Crippen LogP contribution < -0.4 is 5.84 Å². The van der Waals surface area contributed by atoms with Crippen molar-refractivity contribution in [2.45, 2.75) is 65.2 Å². The summed E-state index contributed by atoms with van der Waals surface area (Å²) in [5.74, 6) is 9.08. The Balaban J connectivity index is 1.42. The van der Waals surface area contributed by atoms with Crippen molar-refractivity contribution in [1.82, 2.24) is 9.99 Å². The Morgan fingerprint density at radius 3 is 2.79 bits per heavy atom. The number of nitrogens with zero attached hydrogens (tertiary/aromatic N) is 2. The molecule has 1 aromatic rings. The van der Waals surface area contributed by atoms with Gasteiger partial charge >= 0.3 is 0 Å². The third-order valence-electron chi connectivity index (χ3n) is 9.53. The number of rotatable bonds is 1. The normalized spacial score (nSPS) is 42.2. The van der Waals surface area contributed by atoms with E-state index in [0.717, 1.165) is 37.1 Å². The third-order valence-corrected chi connectivity index (χ3v) is 9.53. The minimum atomic E-state index is 0.133. The molecule has 2 N–H and O–H groups in total. The average molecular weight is 394 g/mol. The highest BCUT2D eigenvalue weighted by Crippen LogP contribution is 2.66. The predicted molar refractivity (Wildman–Crippen MR) is 115 cm³/mol. The van der Waals surface area contributed by atoms with Crippen LogP contribution in [-0.2, 0) is 4.79 Å². The molecule has 0 aromatic carbocycles. The molecule has 4 heteroatoms. The Bertz CT molecular complexity index is 821. The lowest BCUT2D eigenvalue weighted by Gasteiger charge is -2.59. The number of carbonyl (C=O) groups excluding carboxylic acids is 1. The first-order chi connectivity index (χ1) is 13.9. The lowest BCUT2D eigenvalue weighted by molar-refractivity contribution is -0.139. The molecule has 3 aliphatic carbocycles. The van der Waals surface area contributed by atoms with Gasteiger partial charge in [0.15, 0.2) is 0 Å². The number of carbonyl (C=O) groups is 1. The number of aromatic nitrogens is 1. The monoisotopic (exact) mass is 393 g/mol. The van der Waals surface area contributed by atoms with Crippen LogP contribution in [0.1, 0.15) is 70.8 Å². The topological polar surface area (TPSA) is 59.2 Å². The van der Waals surface area contributed by atoms with Crippen molar-refractivity contribution < 1.29 is 4.79 Å². The summed E-state index contributed by atoms with van der Waals surface area (Å²) in [7, 11) is 0. The predicted octanol–water partition coefficient (Wildman–Crippen LogP) is 4.82. The zero-order chi connectivity index (χ0) is 20.2. The molecule has 6 atom stereocenters. The molecule has 1 amide bonds. The molecule has 156 valence electrons. The Hall–Kier alpha value is -1.68. The quantitative estimate of drug-likeness (QED) is 0.550. The maximum Gasteiger partial charge on any atom is 0.236 e. The molecule has 1 saturated heterocycles. The molecule has 0 spiro atoms. The van der Waals surface area contributed by atoms with E-state index in [1.807, 2.05) is 12.4 Å². The van der Waals surface area contributed by atoms with Crippen molar-refractivity contribution in [2.75, 3.05) is 6.54 Å². The molecule has 1 aromatic heterocycles. The van der Waals surface area contributed by atoms with E-state index in [2.05, 4.69) is 37.0 Å². The van der Waals surface area contributed by atoms with Crippen LogP contribution in [0.2, 0.25) is 0 Å². The summed E-state index contributed by atoms with van der Waals surface area (Å²) in [5, 5.41) is 1.48. The lowest BCUT2D eigenvalue weighted by atomic mass is 9.45. The Morgan fingerprint density at radius 2 is 2.00 bits per heavy atom. The molecule has 4 aliphatic rings. The van der Waals surface area contributed by atoms with E-state index in [0.29, 0.717) is 12.3 Å². The molecule has 1 unspecified atom stereocenters. The zero-order valence-electron chi connectivity index (χ0n) is 17.9. The van der Waals surface area contributed by atoms with E-state index >= 15 is 0 Å². The van der Waals surface area contributed by atoms with E-state index in [4.69, 9.17) is 5.84 Å². The summed E-state index contributed by atoms with van der Waals surface area (Å²) in [4.78, 5) is 16.8. The van der Waals surface area contributed by atoms with E-state index in [1.54, 1.807) is 0 Å². The molecule has 29 heavy (non-hydrogen) atoms. The van der Waals surface area contributed by atoms with Crippen molar-refractivity contribution in [3.63, 3.8) is 0 Å². The number of hydrogen-bond acceptors (Lipinski definition) is 3. The van der Waals surface area contributed by atoms with Gasteiger partial charge in [-0.1, -0.05) is 26.0 Å². The van der Waals surface area contributed by atoms with Gasteiger partial charge in [0.25, 0.3) is 0 Å². The Morgan fingerprint density at radius 1 is 1.14 bits per heavy atom. The van der Waals surface area contributed by atoms with Gasteiger partial charge in [-0.05, 0) is 96.7 Å². The minimum Gasteiger partial charge on any atom is -0.281 e. The standard InChI is InChI=1S/C25H35N3O/c1-24-13-10-23(29)28(26)15-11-18(24)5-6-19-21-8-7-20(17-4-3-14-27-16-17)25(21,2)12-9-22(19)24/h3-4,7,14,16,18-19,21-22H,5-6,8-13,15,26H2,1-2H3/t18-,19-,21-,22?,24-,25+/m0/s1. The zero-order valence-corrected chi connectivity index (χ0v) is 17.9. The largest absolute Gasteiger partial charge is 0.281 e. The highest BCUT2D eigenvalue weighted by molar-refractivity contribution is 5.75. The van der Waals surface area contributed by atoms with Gasteiger partial charge in [-0.3, -0.25) is 14.8 Å². The van der Waals surface area contributed by atoms with Crippen molar-refractivity contribution in [2.24, 2.45) is 40.3 Å². The first-order valence-electron chi connectivity index (χ1n) is 11.6. The van der Waals surface area contributed by atoms with Crippen LogP contribution in [-0.4, -0.2) is 22.4 Å². The number of nitrogens with two attached hydrogens (primary N) is 1. The second kappa shape index (κ2) is 6.94. The summed E-state index contributed by atoms with van der Waals surface area (Å²) in [6, 6.07) is 4.30. The number of amides is 1. The van der Waals surface area contributed by atoms with Crippen LogP contribution in [0.3, 0.4) is 0 Å². The fraction of sp³-hybridized carbons (Fsp3) is 0.680. The fourth-order valence-electron chi connectivity index (χ4n) is 7.88. The first kappa shape index (κ1) is 19.3. The molecule has 4 nitrogen and oxygen atoms in total. The van der Waals surface area contributed by atoms with Crippen LogP contribution in [0.4, 0.5) is 0 Å². The summed E-state index contributed by atoms with van der Waals surface area (Å²) in [5.41, 5.74) is 3.42. The smallest absolute Gasteiger partial charge is 0.236 e. The third kappa shape index (κ3) is 2.90. The SMILES string of the molecule is C[C@]12CCC3[C@@H](CC[C@H]4CCN(N)C(=O)CC[C@]34C)[C@@H]1CC=C2c1cccnc1. The first-order valence-corrected chi connectivity index (χ1v) is 11.6. The van der Waals surface area contributed by atoms with Crippen LogP contribution in [0, 0.1) is 34.5 Å². The molecule has 3 fully saturated rings. The van der Waals surface area contributed by atoms with Gasteiger partial charge in [-0.15, -0.1) is 0 Å². The van der Waals surface area contributed by atoms with Gasteiger partial charge in [0, 0.05) is 25.4 Å². The maximum absolute atomic E-state index is 12.4. The molecule has 0 bridgehead atoms. The number of fused-ring (bicyclic) bond motifs is 5. The highest BCUT2D eigenvalue weighted by atomic mass is 16.2. The summed E-state index contributed by atoms with van der Waals surface area (Å²) in [6.07, 6.45) is 15.5. The number of allylic oxidation sites excluding steroid dienone is 2. The van der Waals surface area contributed by atoms with Gasteiger partial charge in [-0.2, -0.15) is 0 Å². The van der Waals surface area contributed by atoms with Gasteiger partial charge < -0.3 is 0 Å². The van der Waals surface area contributed by atoms with Crippen molar-refractivity contribution in [3.8, 4) is 0 Å². The van der Waals surface area contributed by atoms with Gasteiger partial charge in [0.1, 0.15) is 0 Å². The molecule has 1 aliphatic heterocycles. The maximum atomic E-state index is 12.4. The van der Waals surface area contributed by atoms with Crippen LogP contribution in [0.25, 0.3) is 5.57 Å². The number of hydrogen-bond donors (Lipinski definition) is 1. The molecule has 0 radical (unpaired) electrons. The Kier molecular flexibility index (Phi) is 4.62. The average Bonchev–Trinajstić information content (AvgIpc) is 3.08. The molecule has 2 heterocycles. The Labute approximate surface area is 174 Å². The molecular formula is C25H35N3O. The van der Waals surface area contributed by atoms with E-state index in [9.17, 15) is 4.79 Å². The van der Waals surface area contributed by atoms with Gasteiger partial charge in [-0.25, -0.2) is 5.84 Å². The van der Waals surface area contributed by atoms with Crippen molar-refractivity contribution >= 4 is 11.5 Å². The summed E-state index contributed by atoms with van der Waals surface area (Å²) >= 11 is 0. The highest BCUT2D eigenvalue weighted by Gasteiger charge is 2.57. The van der Waals surface area contributed by atoms with Crippen LogP contribution in [0.5, 0.6) is 0 Å². The van der Waals surface area contributed by atoms with E-state index in [-0.39, 0.29) is 16.7 Å². The summed E-state index contributed by atoms with van der Waals surface area (Å²) < 4.78 is 0. The van der Waals surface area contributed by atoms with Crippen molar-refractivity contribution in [3.05, 3.63) is 36.2 Å². The van der Waals surface area contributed by atoms with Gasteiger partial charge in [0.2, 0.25) is 5.91 Å². The molecule has 5 rings (SSSR count). The lowest BCUT2D eigenvalue weighted by Crippen LogP contribution is -2.53. The van der Waals surface area contributed by atoms with Gasteiger partial charge in [0.05, 0.1) is 0 Å². The fourth-order valence-corrected chi connectivity index (χ4v) is 7.88. The van der Waals surface area contributed by atoms with E-state index < -0.39 is 0 Å². The summed E-state index contributed by atoms with van der Waals surface area (Å²) in [6.45, 7) is 5.76. The van der Waals surface area contributed by atoms with Crippen LogP contribution in [0.15, 0.2) is 30.6 Å². The number of pyridine rings is 1. The van der Waals surface area contributed by atoms with Crippen molar-refractivity contribution in [1.29, 1.82) is 0 Å². The molecule has 2 saturated carbocycles. The number of hydrazine groups is 1.